The normalized spacial score (nSPS) is 19.6. The molecule has 0 aliphatic carbocycles. The molecule has 1 fully saturated rings. The first kappa shape index (κ1) is 39.0. The highest BCUT2D eigenvalue weighted by molar-refractivity contribution is 6.74. The molecule has 0 saturated carbocycles. The maximum atomic E-state index is 14.2. The molecule has 1 aliphatic rings. The molecule has 0 aromatic heterocycles. The molecule has 268 valence electrons. The summed E-state index contributed by atoms with van der Waals surface area (Å²) in [4.78, 5) is 16.0. The van der Waals surface area contributed by atoms with Crippen LogP contribution in [-0.4, -0.2) is 64.6 Å². The van der Waals surface area contributed by atoms with Crippen molar-refractivity contribution >= 4 is 22.7 Å². The molecular formula is C41H61NO5Si2. The Kier molecular flexibility index (Phi) is 11.5. The van der Waals surface area contributed by atoms with Crippen molar-refractivity contribution in [1.29, 1.82) is 0 Å². The average molecular weight is 704 g/mol. The summed E-state index contributed by atoms with van der Waals surface area (Å²) < 4.78 is 28.0. The second kappa shape index (κ2) is 14.5. The molecule has 4 rings (SSSR count). The van der Waals surface area contributed by atoms with E-state index in [9.17, 15) is 4.79 Å². The fourth-order valence-corrected chi connectivity index (χ4v) is 8.55. The van der Waals surface area contributed by atoms with Crippen LogP contribution in [0.25, 0.3) is 0 Å². The van der Waals surface area contributed by atoms with Gasteiger partial charge in [0.2, 0.25) is 0 Å². The van der Waals surface area contributed by atoms with Gasteiger partial charge < -0.3 is 18.3 Å². The van der Waals surface area contributed by atoms with Crippen LogP contribution in [0.2, 0.25) is 36.3 Å². The second-order valence-corrected chi connectivity index (χ2v) is 27.1. The first-order valence-corrected chi connectivity index (χ1v) is 23.6. The summed E-state index contributed by atoms with van der Waals surface area (Å²) in [5, 5.41) is -0.0793. The number of ether oxygens (including phenoxy) is 2. The number of carbonyl (C=O) groups excluding carboxylic acids is 1. The zero-order valence-corrected chi connectivity index (χ0v) is 34.3. The van der Waals surface area contributed by atoms with E-state index in [0.29, 0.717) is 6.54 Å². The van der Waals surface area contributed by atoms with Crippen molar-refractivity contribution in [1.82, 2.24) is 4.90 Å². The summed E-state index contributed by atoms with van der Waals surface area (Å²) in [6.07, 6.45) is -1.13. The molecule has 1 amide bonds. The number of amides is 1. The highest BCUT2D eigenvalue weighted by Crippen LogP contribution is 2.45. The zero-order chi connectivity index (χ0) is 36.5. The van der Waals surface area contributed by atoms with Crippen LogP contribution in [0.4, 0.5) is 4.79 Å². The zero-order valence-electron chi connectivity index (χ0n) is 32.3. The largest absolute Gasteiger partial charge is 0.444 e. The molecule has 49 heavy (non-hydrogen) atoms. The van der Waals surface area contributed by atoms with Crippen LogP contribution in [0.1, 0.15) is 79.0 Å². The first-order chi connectivity index (χ1) is 22.6. The Labute approximate surface area is 298 Å². The molecule has 0 spiro atoms. The van der Waals surface area contributed by atoms with Crippen LogP contribution in [0, 0.1) is 0 Å². The molecule has 6 nitrogen and oxygen atoms in total. The Bertz CT molecular complexity index is 1410. The minimum atomic E-state index is -2.35. The van der Waals surface area contributed by atoms with Crippen LogP contribution in [-0.2, 0) is 23.9 Å². The lowest BCUT2D eigenvalue weighted by molar-refractivity contribution is -0.0456. The van der Waals surface area contributed by atoms with Gasteiger partial charge in [-0.15, -0.1) is 0 Å². The number of hydrogen-bond donors (Lipinski definition) is 0. The van der Waals surface area contributed by atoms with E-state index in [4.69, 9.17) is 18.3 Å². The van der Waals surface area contributed by atoms with Crippen molar-refractivity contribution in [2.24, 2.45) is 0 Å². The molecule has 1 saturated heterocycles. The van der Waals surface area contributed by atoms with Crippen LogP contribution >= 0.6 is 0 Å². The summed E-state index contributed by atoms with van der Waals surface area (Å²) in [6.45, 7) is 28.9. The highest BCUT2D eigenvalue weighted by Gasteiger charge is 2.54. The van der Waals surface area contributed by atoms with Crippen molar-refractivity contribution in [2.45, 2.75) is 128 Å². The third kappa shape index (κ3) is 8.77. The van der Waals surface area contributed by atoms with Gasteiger partial charge in [-0.1, -0.05) is 133 Å². The van der Waals surface area contributed by atoms with Gasteiger partial charge in [0.05, 0.1) is 31.4 Å². The Morgan fingerprint density at radius 1 is 0.653 bits per heavy atom. The van der Waals surface area contributed by atoms with Crippen molar-refractivity contribution in [2.75, 3.05) is 13.2 Å². The standard InChI is InChI=1S/C41H61NO5Si2/c1-38(2,3)45-37(43)42-29-35(46-48(10,11)39(4,5)6)36(47-49(12,13)40(7,8)9)34(42)30-44-41(31-23-17-14-18-24-31,32-25-19-15-20-26-32)33-27-21-16-22-28-33/h14-28,34-36H,29-30H2,1-13H3/t34-,35+,36+/m1/s1. The maximum Gasteiger partial charge on any atom is 0.410 e. The van der Waals surface area contributed by atoms with Crippen LogP contribution < -0.4 is 0 Å². The van der Waals surface area contributed by atoms with E-state index in [1.54, 1.807) is 0 Å². The maximum absolute atomic E-state index is 14.2. The summed E-state index contributed by atoms with van der Waals surface area (Å²) in [7, 11) is -4.63. The van der Waals surface area contributed by atoms with Crippen molar-refractivity contribution in [3.05, 3.63) is 108 Å². The molecule has 0 unspecified atom stereocenters. The van der Waals surface area contributed by atoms with Crippen molar-refractivity contribution < 1.29 is 23.1 Å². The Balaban J connectivity index is 1.90. The van der Waals surface area contributed by atoms with Crippen molar-refractivity contribution in [3.63, 3.8) is 0 Å². The number of likely N-dealkylation sites (tertiary alicyclic amines) is 1. The SMILES string of the molecule is CC(C)(C)OC(=O)N1C[C@H](O[Si](C)(C)C(C)(C)C)[C@@H](O[Si](C)(C)C(C)(C)C)[C@H]1COC(c1ccccc1)(c1ccccc1)c1ccccc1. The molecule has 0 radical (unpaired) electrons. The van der Waals surface area contributed by atoms with Gasteiger partial charge in [0.25, 0.3) is 0 Å². The summed E-state index contributed by atoms with van der Waals surface area (Å²) in [5.74, 6) is 0. The number of carbonyl (C=O) groups is 1. The average Bonchev–Trinajstić information content (AvgIpc) is 3.32. The van der Waals surface area contributed by atoms with Gasteiger partial charge in [0.1, 0.15) is 11.2 Å². The summed E-state index contributed by atoms with van der Waals surface area (Å²) >= 11 is 0. The quantitative estimate of drug-likeness (QED) is 0.155. The fraction of sp³-hybridized carbons (Fsp3) is 0.537. The van der Waals surface area contributed by atoms with Crippen LogP contribution in [0.3, 0.4) is 0 Å². The fourth-order valence-electron chi connectivity index (χ4n) is 5.88. The van der Waals surface area contributed by atoms with E-state index in [2.05, 4.69) is 104 Å². The van der Waals surface area contributed by atoms with E-state index in [1.165, 1.54) is 0 Å². The molecule has 3 atom stereocenters. The summed E-state index contributed by atoms with van der Waals surface area (Å²) in [6, 6.07) is 30.6. The molecule has 1 heterocycles. The van der Waals surface area contributed by atoms with Gasteiger partial charge in [0, 0.05) is 0 Å². The van der Waals surface area contributed by atoms with Crippen LogP contribution in [0.5, 0.6) is 0 Å². The monoisotopic (exact) mass is 703 g/mol. The Morgan fingerprint density at radius 3 is 1.41 bits per heavy atom. The number of benzene rings is 3. The Morgan fingerprint density at radius 2 is 1.04 bits per heavy atom. The highest BCUT2D eigenvalue weighted by atomic mass is 28.4. The molecule has 1 aliphatic heterocycles. The third-order valence-corrected chi connectivity index (χ3v) is 19.6. The van der Waals surface area contributed by atoms with E-state index >= 15 is 0 Å². The molecule has 3 aromatic rings. The Hall–Kier alpha value is -2.76. The van der Waals surface area contributed by atoms with Crippen molar-refractivity contribution in [3.8, 4) is 0 Å². The topological polar surface area (TPSA) is 57.2 Å². The van der Waals surface area contributed by atoms with Gasteiger partial charge in [0.15, 0.2) is 16.6 Å². The van der Waals surface area contributed by atoms with Gasteiger partial charge in [-0.05, 0) is 73.7 Å². The predicted octanol–water partition coefficient (Wildman–Crippen LogP) is 10.4. The minimum Gasteiger partial charge on any atom is -0.444 e. The smallest absolute Gasteiger partial charge is 0.410 e. The molecule has 0 bridgehead atoms. The van der Waals surface area contributed by atoms with Gasteiger partial charge in [-0.3, -0.25) is 4.90 Å². The van der Waals surface area contributed by atoms with Gasteiger partial charge >= 0.3 is 6.09 Å². The number of rotatable bonds is 10. The van der Waals surface area contributed by atoms with Gasteiger partial charge in [-0.25, -0.2) is 4.79 Å². The lowest BCUT2D eigenvalue weighted by Crippen LogP contribution is -2.54. The third-order valence-electron chi connectivity index (χ3n) is 10.7. The van der Waals surface area contributed by atoms with E-state index in [-0.39, 0.29) is 28.9 Å². The summed E-state index contributed by atoms with van der Waals surface area (Å²) in [5.41, 5.74) is 1.39. The minimum absolute atomic E-state index is 0.0249. The number of hydrogen-bond acceptors (Lipinski definition) is 5. The van der Waals surface area contributed by atoms with E-state index < -0.39 is 40.0 Å². The van der Waals surface area contributed by atoms with Crippen LogP contribution in [0.15, 0.2) is 91.0 Å². The lowest BCUT2D eigenvalue weighted by atomic mass is 9.80. The molecule has 3 aromatic carbocycles. The molecular weight excluding hydrogens is 643 g/mol. The second-order valence-electron chi connectivity index (χ2n) is 17.5. The predicted molar refractivity (Wildman–Crippen MR) is 206 cm³/mol. The van der Waals surface area contributed by atoms with Gasteiger partial charge in [-0.2, -0.15) is 0 Å². The molecule has 0 N–H and O–H groups in total. The molecule has 8 heteroatoms. The van der Waals surface area contributed by atoms with E-state index in [0.717, 1.165) is 16.7 Å². The number of nitrogens with zero attached hydrogens (tertiary/aromatic N) is 1. The van der Waals surface area contributed by atoms with E-state index in [1.807, 2.05) is 80.3 Å². The first-order valence-electron chi connectivity index (χ1n) is 17.7. The lowest BCUT2D eigenvalue weighted by Gasteiger charge is -2.44.